The van der Waals surface area contributed by atoms with Gasteiger partial charge in [-0.05, 0) is 23.6 Å². The van der Waals surface area contributed by atoms with Crippen LogP contribution in [0.5, 0.6) is 0 Å². The van der Waals surface area contributed by atoms with Crippen LogP contribution in [0.15, 0.2) is 96.7 Å². The molecule has 1 aliphatic heterocycles. The molecule has 0 radical (unpaired) electrons. The third-order valence-electron chi connectivity index (χ3n) is 5.26. The van der Waals surface area contributed by atoms with Crippen LogP contribution in [-0.4, -0.2) is 22.8 Å². The molecule has 0 saturated heterocycles. The van der Waals surface area contributed by atoms with Crippen LogP contribution >= 0.6 is 0 Å². The van der Waals surface area contributed by atoms with E-state index in [0.717, 1.165) is 16.7 Å². The van der Waals surface area contributed by atoms with Crippen LogP contribution in [0.3, 0.4) is 0 Å². The van der Waals surface area contributed by atoms with Gasteiger partial charge in [0.1, 0.15) is 11.7 Å². The fourth-order valence-corrected chi connectivity index (χ4v) is 3.67. The Morgan fingerprint density at radius 1 is 0.871 bits per heavy atom. The van der Waals surface area contributed by atoms with Crippen molar-refractivity contribution >= 4 is 17.5 Å². The summed E-state index contributed by atoms with van der Waals surface area (Å²) in [6, 6.07) is 28.7. The second kappa shape index (κ2) is 9.30. The highest BCUT2D eigenvalue weighted by Crippen LogP contribution is 2.27. The van der Waals surface area contributed by atoms with Crippen LogP contribution in [0.4, 0.5) is 0 Å². The molecule has 1 atom stereocenters. The lowest BCUT2D eigenvalue weighted by Gasteiger charge is -2.35. The quantitative estimate of drug-likeness (QED) is 0.650. The van der Waals surface area contributed by atoms with Crippen LogP contribution in [0, 0.1) is 0 Å². The van der Waals surface area contributed by atoms with Gasteiger partial charge in [-0.3, -0.25) is 14.5 Å². The third-order valence-corrected chi connectivity index (χ3v) is 5.26. The van der Waals surface area contributed by atoms with Crippen molar-refractivity contribution in [2.45, 2.75) is 26.1 Å². The van der Waals surface area contributed by atoms with E-state index in [9.17, 15) is 9.59 Å². The van der Waals surface area contributed by atoms with Gasteiger partial charge in [-0.2, -0.15) is 0 Å². The Hall–Kier alpha value is -3.86. The van der Waals surface area contributed by atoms with Crippen molar-refractivity contribution in [3.05, 3.63) is 113 Å². The van der Waals surface area contributed by atoms with Crippen molar-refractivity contribution in [1.29, 1.82) is 0 Å². The lowest BCUT2D eigenvalue weighted by molar-refractivity contribution is -0.135. The van der Waals surface area contributed by atoms with Crippen LogP contribution in [0.25, 0.3) is 5.70 Å². The van der Waals surface area contributed by atoms with Gasteiger partial charge in [0.2, 0.25) is 5.91 Å². The van der Waals surface area contributed by atoms with Gasteiger partial charge >= 0.3 is 0 Å². The summed E-state index contributed by atoms with van der Waals surface area (Å²) in [6.45, 7) is 2.53. The van der Waals surface area contributed by atoms with Crippen molar-refractivity contribution in [3.63, 3.8) is 0 Å². The molecule has 0 spiro atoms. The molecule has 0 fully saturated rings. The number of hydrogen-bond donors (Lipinski definition) is 2. The van der Waals surface area contributed by atoms with E-state index in [-0.39, 0.29) is 11.8 Å². The topological polar surface area (TPSA) is 61.4 Å². The third kappa shape index (κ3) is 4.67. The molecule has 0 bridgehead atoms. The number of nitrogens with one attached hydrogen (secondary N) is 2. The van der Waals surface area contributed by atoms with Crippen LogP contribution in [0.1, 0.15) is 23.6 Å². The minimum atomic E-state index is -0.440. The Balaban J connectivity index is 1.73. The molecule has 5 nitrogen and oxygen atoms in total. The highest BCUT2D eigenvalue weighted by Gasteiger charge is 2.35. The molecular formula is C26H25N3O2. The molecule has 3 aromatic rings. The van der Waals surface area contributed by atoms with Crippen LogP contribution in [-0.2, 0) is 22.7 Å². The van der Waals surface area contributed by atoms with Gasteiger partial charge in [-0.15, -0.1) is 0 Å². The molecule has 1 unspecified atom stereocenters. The Bertz CT molecular complexity index is 1080. The first-order chi connectivity index (χ1) is 15.1. The summed E-state index contributed by atoms with van der Waals surface area (Å²) < 4.78 is 0. The maximum absolute atomic E-state index is 13.4. The van der Waals surface area contributed by atoms with Gasteiger partial charge in [0.15, 0.2) is 0 Å². The minimum Gasteiger partial charge on any atom is -0.372 e. The normalized spacial score (nSPS) is 16.1. The van der Waals surface area contributed by atoms with Gasteiger partial charge in [-0.1, -0.05) is 91.0 Å². The number of rotatable bonds is 6. The predicted octanol–water partition coefficient (Wildman–Crippen LogP) is 3.69. The van der Waals surface area contributed by atoms with E-state index < -0.39 is 6.04 Å². The highest BCUT2D eigenvalue weighted by molar-refractivity contribution is 6.06. The summed E-state index contributed by atoms with van der Waals surface area (Å²) >= 11 is 0. The molecule has 156 valence electrons. The van der Waals surface area contributed by atoms with Crippen LogP contribution < -0.4 is 10.6 Å². The largest absolute Gasteiger partial charge is 0.372 e. The molecule has 0 aromatic heterocycles. The number of carbonyl (C=O) groups excluding carboxylic acids is 2. The molecule has 0 aliphatic carbocycles. The Morgan fingerprint density at radius 3 is 2.03 bits per heavy atom. The van der Waals surface area contributed by atoms with E-state index in [2.05, 4.69) is 10.6 Å². The first-order valence-electron chi connectivity index (χ1n) is 10.4. The summed E-state index contributed by atoms with van der Waals surface area (Å²) in [5.74, 6) is -0.417. The lowest BCUT2D eigenvalue weighted by atomic mass is 10.0. The predicted molar refractivity (Wildman–Crippen MR) is 121 cm³/mol. The SMILES string of the molecule is CC1NC(c2ccccc2)=C(C(=O)NCc2ccccc2)N(Cc2ccccc2)C1=O. The number of nitrogens with zero attached hydrogens (tertiary/aromatic N) is 1. The van der Waals surface area contributed by atoms with Crippen molar-refractivity contribution < 1.29 is 9.59 Å². The molecular weight excluding hydrogens is 386 g/mol. The molecule has 2 N–H and O–H groups in total. The van der Waals surface area contributed by atoms with Crippen LogP contribution in [0.2, 0.25) is 0 Å². The first kappa shape index (κ1) is 20.4. The maximum Gasteiger partial charge on any atom is 0.270 e. The summed E-state index contributed by atoms with van der Waals surface area (Å²) in [5.41, 5.74) is 3.83. The van der Waals surface area contributed by atoms with Crippen molar-refractivity contribution in [2.24, 2.45) is 0 Å². The minimum absolute atomic E-state index is 0.131. The fraction of sp³-hybridized carbons (Fsp3) is 0.154. The smallest absolute Gasteiger partial charge is 0.270 e. The molecule has 3 aromatic carbocycles. The molecule has 5 heteroatoms. The Kier molecular flexibility index (Phi) is 6.13. The molecule has 31 heavy (non-hydrogen) atoms. The lowest BCUT2D eigenvalue weighted by Crippen LogP contribution is -2.52. The average Bonchev–Trinajstić information content (AvgIpc) is 2.82. The van der Waals surface area contributed by atoms with E-state index in [0.29, 0.717) is 24.5 Å². The summed E-state index contributed by atoms with van der Waals surface area (Å²) in [5, 5.41) is 6.24. The molecule has 1 heterocycles. The molecule has 4 rings (SSSR count). The van der Waals surface area contributed by atoms with E-state index in [4.69, 9.17) is 0 Å². The molecule has 1 aliphatic rings. The van der Waals surface area contributed by atoms with Gasteiger partial charge < -0.3 is 10.6 Å². The van der Waals surface area contributed by atoms with Gasteiger partial charge in [0.05, 0.1) is 12.2 Å². The summed E-state index contributed by atoms with van der Waals surface area (Å²) in [4.78, 5) is 28.1. The number of carbonyl (C=O) groups is 2. The van der Waals surface area contributed by atoms with Crippen molar-refractivity contribution in [1.82, 2.24) is 15.5 Å². The zero-order valence-corrected chi connectivity index (χ0v) is 17.4. The summed E-state index contributed by atoms with van der Waals surface area (Å²) in [7, 11) is 0. The van der Waals surface area contributed by atoms with E-state index >= 15 is 0 Å². The first-order valence-corrected chi connectivity index (χ1v) is 10.4. The zero-order valence-electron chi connectivity index (χ0n) is 17.4. The monoisotopic (exact) mass is 411 g/mol. The Morgan fingerprint density at radius 2 is 1.42 bits per heavy atom. The number of benzene rings is 3. The highest BCUT2D eigenvalue weighted by atomic mass is 16.2. The number of hydrogen-bond acceptors (Lipinski definition) is 3. The van der Waals surface area contributed by atoms with E-state index in [1.807, 2.05) is 97.9 Å². The van der Waals surface area contributed by atoms with Gasteiger partial charge in [0.25, 0.3) is 5.91 Å². The summed E-state index contributed by atoms with van der Waals surface area (Å²) in [6.07, 6.45) is 0. The van der Waals surface area contributed by atoms with E-state index in [1.54, 1.807) is 4.90 Å². The standard InChI is InChI=1S/C26H25N3O2/c1-19-26(31)29(18-21-13-7-3-8-14-21)24(23(28-19)22-15-9-4-10-16-22)25(30)27-17-20-11-5-2-6-12-20/h2-16,19,28H,17-18H2,1H3,(H,27,30). The number of amides is 2. The van der Waals surface area contributed by atoms with Crippen molar-refractivity contribution in [3.8, 4) is 0 Å². The molecule has 0 saturated carbocycles. The average molecular weight is 412 g/mol. The second-order valence-electron chi connectivity index (χ2n) is 7.53. The molecule has 2 amide bonds. The van der Waals surface area contributed by atoms with E-state index in [1.165, 1.54) is 0 Å². The van der Waals surface area contributed by atoms with Crippen molar-refractivity contribution in [2.75, 3.05) is 0 Å². The van der Waals surface area contributed by atoms with Gasteiger partial charge in [0, 0.05) is 6.54 Å². The zero-order chi connectivity index (χ0) is 21.6. The second-order valence-corrected chi connectivity index (χ2v) is 7.53. The Labute approximate surface area is 182 Å². The van der Waals surface area contributed by atoms with Gasteiger partial charge in [-0.25, -0.2) is 0 Å². The maximum atomic E-state index is 13.4. The fourth-order valence-electron chi connectivity index (χ4n) is 3.67.